The van der Waals surface area contributed by atoms with E-state index in [9.17, 15) is 0 Å². The number of rotatable bonds is 2. The van der Waals surface area contributed by atoms with Gasteiger partial charge in [-0.3, -0.25) is 0 Å². The molecular formula is C22H36. The van der Waals surface area contributed by atoms with Gasteiger partial charge in [0.15, 0.2) is 0 Å². The van der Waals surface area contributed by atoms with Crippen molar-refractivity contribution >= 4 is 0 Å². The molecule has 0 aromatic heterocycles. The third-order valence-electron chi connectivity index (χ3n) is 6.52. The third-order valence-corrected chi connectivity index (χ3v) is 6.52. The molecule has 0 amide bonds. The summed E-state index contributed by atoms with van der Waals surface area (Å²) >= 11 is 0. The van der Waals surface area contributed by atoms with Gasteiger partial charge in [-0.05, 0) is 49.9 Å². The van der Waals surface area contributed by atoms with Gasteiger partial charge in [0.25, 0.3) is 0 Å². The van der Waals surface area contributed by atoms with Crippen molar-refractivity contribution in [2.75, 3.05) is 0 Å². The summed E-state index contributed by atoms with van der Waals surface area (Å²) in [6.45, 7) is 0. The fourth-order valence-corrected chi connectivity index (χ4v) is 5.10. The van der Waals surface area contributed by atoms with Gasteiger partial charge in [-0.1, -0.05) is 88.0 Å². The highest BCUT2D eigenvalue weighted by Gasteiger charge is 2.25. The van der Waals surface area contributed by atoms with Crippen molar-refractivity contribution in [3.63, 3.8) is 0 Å². The Kier molecular flexibility index (Phi) is 6.64. The van der Waals surface area contributed by atoms with Crippen molar-refractivity contribution in [3.8, 4) is 0 Å². The molecular weight excluding hydrogens is 264 g/mol. The van der Waals surface area contributed by atoms with E-state index in [0.717, 1.165) is 17.8 Å². The molecule has 0 saturated heterocycles. The van der Waals surface area contributed by atoms with E-state index in [4.69, 9.17) is 0 Å². The van der Waals surface area contributed by atoms with Crippen LogP contribution in [0.5, 0.6) is 0 Å². The molecule has 0 nitrogen and oxygen atoms in total. The molecule has 124 valence electrons. The summed E-state index contributed by atoms with van der Waals surface area (Å²) in [6, 6.07) is 0. The van der Waals surface area contributed by atoms with Gasteiger partial charge in [-0.25, -0.2) is 0 Å². The van der Waals surface area contributed by atoms with Crippen molar-refractivity contribution in [2.24, 2.45) is 17.8 Å². The lowest BCUT2D eigenvalue weighted by atomic mass is 9.73. The van der Waals surface area contributed by atoms with Crippen molar-refractivity contribution in [1.82, 2.24) is 0 Å². The molecule has 0 radical (unpaired) electrons. The summed E-state index contributed by atoms with van der Waals surface area (Å²) in [7, 11) is 0. The zero-order chi connectivity index (χ0) is 15.0. The van der Waals surface area contributed by atoms with E-state index in [1.807, 2.05) is 5.57 Å². The van der Waals surface area contributed by atoms with Gasteiger partial charge < -0.3 is 0 Å². The SMILES string of the molecule is C1=CC(C2CCCCCCC2)CC(C2CCCCCCC2)=C1. The van der Waals surface area contributed by atoms with E-state index in [0.29, 0.717) is 0 Å². The first kappa shape index (κ1) is 16.3. The Labute approximate surface area is 138 Å². The monoisotopic (exact) mass is 300 g/mol. The Bertz CT molecular complexity index is 359. The highest BCUT2D eigenvalue weighted by Crippen LogP contribution is 2.39. The first-order chi connectivity index (χ1) is 10.9. The van der Waals surface area contributed by atoms with Crippen molar-refractivity contribution in [2.45, 2.75) is 96.3 Å². The molecule has 22 heavy (non-hydrogen) atoms. The maximum Gasteiger partial charge on any atom is -0.0165 e. The van der Waals surface area contributed by atoms with E-state index in [-0.39, 0.29) is 0 Å². The zero-order valence-corrected chi connectivity index (χ0v) is 14.6. The summed E-state index contributed by atoms with van der Waals surface area (Å²) in [6.07, 6.45) is 29.6. The molecule has 3 aliphatic rings. The lowest BCUT2D eigenvalue weighted by Gasteiger charge is -2.32. The van der Waals surface area contributed by atoms with Crippen molar-refractivity contribution in [3.05, 3.63) is 23.8 Å². The summed E-state index contributed by atoms with van der Waals surface area (Å²) in [5, 5.41) is 0. The van der Waals surface area contributed by atoms with Crippen molar-refractivity contribution < 1.29 is 0 Å². The average Bonchev–Trinajstić information content (AvgIpc) is 2.46. The Morgan fingerprint density at radius 2 is 1.18 bits per heavy atom. The van der Waals surface area contributed by atoms with Gasteiger partial charge in [0.05, 0.1) is 0 Å². The first-order valence-corrected chi connectivity index (χ1v) is 10.3. The molecule has 0 heterocycles. The molecule has 0 aromatic carbocycles. The van der Waals surface area contributed by atoms with Crippen molar-refractivity contribution in [1.29, 1.82) is 0 Å². The van der Waals surface area contributed by atoms with Gasteiger partial charge in [0, 0.05) is 0 Å². The second kappa shape index (κ2) is 8.94. The highest BCUT2D eigenvalue weighted by molar-refractivity contribution is 5.22. The van der Waals surface area contributed by atoms with Gasteiger partial charge in [-0.15, -0.1) is 0 Å². The van der Waals surface area contributed by atoms with Gasteiger partial charge in [0.2, 0.25) is 0 Å². The lowest BCUT2D eigenvalue weighted by Crippen LogP contribution is -2.19. The largest absolute Gasteiger partial charge is 0.0808 e. The number of allylic oxidation sites excluding steroid dienone is 4. The smallest absolute Gasteiger partial charge is 0.0165 e. The van der Waals surface area contributed by atoms with Crippen LogP contribution in [0.15, 0.2) is 23.8 Å². The predicted octanol–water partition coefficient (Wildman–Crippen LogP) is 7.21. The van der Waals surface area contributed by atoms with Crippen LogP contribution in [0.25, 0.3) is 0 Å². The lowest BCUT2D eigenvalue weighted by molar-refractivity contribution is 0.291. The predicted molar refractivity (Wildman–Crippen MR) is 96.9 cm³/mol. The molecule has 2 fully saturated rings. The van der Waals surface area contributed by atoms with Crippen LogP contribution < -0.4 is 0 Å². The Hall–Kier alpha value is -0.520. The molecule has 0 N–H and O–H groups in total. The standard InChI is InChI=1S/C22H36/c1-3-7-12-19(13-8-4-1)21-16-11-17-22(18-21)20-14-9-5-2-6-10-15-20/h11,16-17,19-21H,1-10,12-15,18H2. The van der Waals surface area contributed by atoms with E-state index in [1.54, 1.807) is 0 Å². The van der Waals surface area contributed by atoms with E-state index >= 15 is 0 Å². The summed E-state index contributed by atoms with van der Waals surface area (Å²) < 4.78 is 0. The second-order valence-electron chi connectivity index (χ2n) is 8.14. The van der Waals surface area contributed by atoms with Crippen LogP contribution in [0.2, 0.25) is 0 Å². The van der Waals surface area contributed by atoms with Crippen LogP contribution in [0.1, 0.15) is 96.3 Å². The summed E-state index contributed by atoms with van der Waals surface area (Å²) in [5.41, 5.74) is 1.82. The molecule has 2 saturated carbocycles. The van der Waals surface area contributed by atoms with E-state index < -0.39 is 0 Å². The molecule has 1 unspecified atom stereocenters. The summed E-state index contributed by atoms with van der Waals surface area (Å²) in [5.74, 6) is 2.76. The van der Waals surface area contributed by atoms with Crippen LogP contribution in [-0.2, 0) is 0 Å². The van der Waals surface area contributed by atoms with Gasteiger partial charge in [-0.2, -0.15) is 0 Å². The maximum absolute atomic E-state index is 2.55. The van der Waals surface area contributed by atoms with Gasteiger partial charge in [0.1, 0.15) is 0 Å². The fourth-order valence-electron chi connectivity index (χ4n) is 5.10. The fraction of sp³-hybridized carbons (Fsp3) is 0.818. The Morgan fingerprint density at radius 3 is 1.82 bits per heavy atom. The van der Waals surface area contributed by atoms with Crippen LogP contribution in [0.4, 0.5) is 0 Å². The van der Waals surface area contributed by atoms with Crippen LogP contribution >= 0.6 is 0 Å². The molecule has 3 rings (SSSR count). The highest BCUT2D eigenvalue weighted by atomic mass is 14.3. The minimum atomic E-state index is 0.864. The number of hydrogen-bond acceptors (Lipinski definition) is 0. The molecule has 0 spiro atoms. The van der Waals surface area contributed by atoms with E-state index in [2.05, 4.69) is 18.2 Å². The third kappa shape index (κ3) is 4.74. The second-order valence-corrected chi connectivity index (χ2v) is 8.14. The van der Waals surface area contributed by atoms with Crippen LogP contribution in [0, 0.1) is 17.8 Å². The van der Waals surface area contributed by atoms with Crippen LogP contribution in [-0.4, -0.2) is 0 Å². The molecule has 1 atom stereocenters. The number of hydrogen-bond donors (Lipinski definition) is 0. The molecule has 0 aromatic rings. The Morgan fingerprint density at radius 1 is 0.636 bits per heavy atom. The van der Waals surface area contributed by atoms with Crippen LogP contribution in [0.3, 0.4) is 0 Å². The molecule has 0 bridgehead atoms. The summed E-state index contributed by atoms with van der Waals surface area (Å²) in [4.78, 5) is 0. The first-order valence-electron chi connectivity index (χ1n) is 10.3. The average molecular weight is 301 g/mol. The quantitative estimate of drug-likeness (QED) is 0.505. The maximum atomic E-state index is 2.55. The van der Waals surface area contributed by atoms with E-state index in [1.165, 1.54) is 96.3 Å². The van der Waals surface area contributed by atoms with Gasteiger partial charge >= 0.3 is 0 Å². The zero-order valence-electron chi connectivity index (χ0n) is 14.6. The molecule has 0 heteroatoms. The molecule has 0 aliphatic heterocycles. The topological polar surface area (TPSA) is 0 Å². The molecule has 3 aliphatic carbocycles. The normalized spacial score (nSPS) is 30.0. The minimum absolute atomic E-state index is 0.864. The minimum Gasteiger partial charge on any atom is -0.0808 e. The Balaban J connectivity index is 1.57.